The van der Waals surface area contributed by atoms with Crippen LogP contribution in [0.2, 0.25) is 0 Å². The topological polar surface area (TPSA) is 75.6 Å². The van der Waals surface area contributed by atoms with Crippen LogP contribution < -0.4 is 10.1 Å². The number of hydrogen-bond donors (Lipinski definition) is 2. The Hall–Kier alpha value is -2.34. The fourth-order valence-electron chi connectivity index (χ4n) is 2.40. The van der Waals surface area contributed by atoms with Crippen molar-refractivity contribution in [3.63, 3.8) is 0 Å². The standard InChI is InChI=1S/C20H22BrNO4/c1-2-14-8-9-18(17(21)12-14)26-10-4-7-19(23)22-13-15-5-3-6-16(11-15)20(24)25/h3,5-6,8-9,11-12H,2,4,7,10,13H2,1H3,(H,22,23)(H,24,25). The first-order chi connectivity index (χ1) is 12.5. The van der Waals surface area contributed by atoms with E-state index in [1.54, 1.807) is 18.2 Å². The van der Waals surface area contributed by atoms with E-state index in [0.717, 1.165) is 22.2 Å². The van der Waals surface area contributed by atoms with E-state index in [0.29, 0.717) is 26.0 Å². The molecular weight excluding hydrogens is 398 g/mol. The summed E-state index contributed by atoms with van der Waals surface area (Å²) in [5, 5.41) is 11.8. The second-order valence-electron chi connectivity index (χ2n) is 5.85. The Morgan fingerprint density at radius 2 is 1.96 bits per heavy atom. The van der Waals surface area contributed by atoms with Gasteiger partial charge in [-0.15, -0.1) is 0 Å². The van der Waals surface area contributed by atoms with Crippen molar-refractivity contribution in [1.29, 1.82) is 0 Å². The number of carbonyl (C=O) groups excluding carboxylic acids is 1. The van der Waals surface area contributed by atoms with Crippen LogP contribution in [-0.2, 0) is 17.8 Å². The number of aryl methyl sites for hydroxylation is 1. The van der Waals surface area contributed by atoms with Gasteiger partial charge in [0.25, 0.3) is 0 Å². The fourth-order valence-corrected chi connectivity index (χ4v) is 2.94. The lowest BCUT2D eigenvalue weighted by atomic mass is 10.1. The number of ether oxygens (including phenoxy) is 1. The molecule has 0 fully saturated rings. The predicted molar refractivity (Wildman–Crippen MR) is 103 cm³/mol. The van der Waals surface area contributed by atoms with Crippen LogP contribution in [0.1, 0.15) is 41.3 Å². The van der Waals surface area contributed by atoms with Crippen molar-refractivity contribution in [3.8, 4) is 5.75 Å². The van der Waals surface area contributed by atoms with E-state index in [4.69, 9.17) is 9.84 Å². The monoisotopic (exact) mass is 419 g/mol. The SMILES string of the molecule is CCc1ccc(OCCCC(=O)NCc2cccc(C(=O)O)c2)c(Br)c1. The quantitative estimate of drug-likeness (QED) is 0.597. The second kappa shape index (κ2) is 9.97. The third-order valence-electron chi connectivity index (χ3n) is 3.87. The van der Waals surface area contributed by atoms with Crippen molar-refractivity contribution in [2.24, 2.45) is 0 Å². The predicted octanol–water partition coefficient (Wildman–Crippen LogP) is 4.19. The summed E-state index contributed by atoms with van der Waals surface area (Å²) in [6, 6.07) is 12.5. The molecule has 0 unspecified atom stereocenters. The van der Waals surface area contributed by atoms with Gasteiger partial charge in [0.2, 0.25) is 5.91 Å². The van der Waals surface area contributed by atoms with Crippen LogP contribution in [0.5, 0.6) is 5.75 Å². The molecule has 0 aliphatic carbocycles. The van der Waals surface area contributed by atoms with Crippen molar-refractivity contribution in [3.05, 3.63) is 63.6 Å². The van der Waals surface area contributed by atoms with Crippen LogP contribution in [0, 0.1) is 0 Å². The van der Waals surface area contributed by atoms with Crippen LogP contribution in [0.25, 0.3) is 0 Å². The van der Waals surface area contributed by atoms with Crippen molar-refractivity contribution < 1.29 is 19.4 Å². The molecule has 1 amide bonds. The molecule has 0 heterocycles. The van der Waals surface area contributed by atoms with E-state index in [2.05, 4.69) is 28.2 Å². The Bertz CT molecular complexity index is 776. The van der Waals surface area contributed by atoms with Crippen molar-refractivity contribution in [2.75, 3.05) is 6.61 Å². The first kappa shape index (κ1) is 20.0. The first-order valence-corrected chi connectivity index (χ1v) is 9.29. The minimum Gasteiger partial charge on any atom is -0.492 e. The molecule has 0 atom stereocenters. The van der Waals surface area contributed by atoms with Crippen LogP contribution in [-0.4, -0.2) is 23.6 Å². The number of aromatic carboxylic acids is 1. The molecule has 0 aromatic heterocycles. The largest absolute Gasteiger partial charge is 0.492 e. The summed E-state index contributed by atoms with van der Waals surface area (Å²) in [6.45, 7) is 2.86. The number of amides is 1. The maximum Gasteiger partial charge on any atom is 0.335 e. The summed E-state index contributed by atoms with van der Waals surface area (Å²) >= 11 is 3.49. The molecule has 0 radical (unpaired) electrons. The molecule has 26 heavy (non-hydrogen) atoms. The molecular formula is C20H22BrNO4. The van der Waals surface area contributed by atoms with E-state index in [9.17, 15) is 9.59 Å². The fraction of sp³-hybridized carbons (Fsp3) is 0.300. The third-order valence-corrected chi connectivity index (χ3v) is 4.49. The van der Waals surface area contributed by atoms with Gasteiger partial charge in [-0.3, -0.25) is 4.79 Å². The molecule has 2 rings (SSSR count). The number of carboxylic acids is 1. The van der Waals surface area contributed by atoms with Gasteiger partial charge in [-0.2, -0.15) is 0 Å². The highest BCUT2D eigenvalue weighted by molar-refractivity contribution is 9.10. The Labute approximate surface area is 161 Å². The molecule has 0 aliphatic rings. The molecule has 6 heteroatoms. The Morgan fingerprint density at radius 1 is 1.15 bits per heavy atom. The summed E-state index contributed by atoms with van der Waals surface area (Å²) < 4.78 is 6.62. The van der Waals surface area contributed by atoms with Gasteiger partial charge in [0.05, 0.1) is 16.6 Å². The van der Waals surface area contributed by atoms with Crippen LogP contribution in [0.4, 0.5) is 0 Å². The molecule has 5 nitrogen and oxygen atoms in total. The summed E-state index contributed by atoms with van der Waals surface area (Å²) in [7, 11) is 0. The molecule has 2 aromatic carbocycles. The summed E-state index contributed by atoms with van der Waals surface area (Å²) in [5.41, 5.74) is 2.20. The zero-order chi connectivity index (χ0) is 18.9. The number of nitrogens with one attached hydrogen (secondary N) is 1. The lowest BCUT2D eigenvalue weighted by Gasteiger charge is -2.10. The highest BCUT2D eigenvalue weighted by Gasteiger charge is 2.06. The smallest absolute Gasteiger partial charge is 0.335 e. The number of carbonyl (C=O) groups is 2. The van der Waals surface area contributed by atoms with E-state index < -0.39 is 5.97 Å². The van der Waals surface area contributed by atoms with Gasteiger partial charge >= 0.3 is 5.97 Å². The maximum absolute atomic E-state index is 11.9. The Balaban J connectivity index is 1.71. The Morgan fingerprint density at radius 3 is 2.65 bits per heavy atom. The van der Waals surface area contributed by atoms with Crippen molar-refractivity contribution >= 4 is 27.8 Å². The number of carboxylic acid groups (broad SMARTS) is 1. The number of hydrogen-bond acceptors (Lipinski definition) is 3. The van der Waals surface area contributed by atoms with E-state index in [1.807, 2.05) is 18.2 Å². The molecule has 0 saturated heterocycles. The molecule has 0 saturated carbocycles. The average Bonchev–Trinajstić information content (AvgIpc) is 2.64. The normalized spacial score (nSPS) is 10.4. The van der Waals surface area contributed by atoms with Gasteiger partial charge in [-0.1, -0.05) is 25.1 Å². The van der Waals surface area contributed by atoms with Gasteiger partial charge in [-0.05, 0) is 64.2 Å². The first-order valence-electron chi connectivity index (χ1n) is 8.49. The Kier molecular flexibility index (Phi) is 7.66. The van der Waals surface area contributed by atoms with Gasteiger partial charge in [0, 0.05) is 13.0 Å². The molecule has 2 N–H and O–H groups in total. The summed E-state index contributed by atoms with van der Waals surface area (Å²) in [5.74, 6) is -0.295. The van der Waals surface area contributed by atoms with Gasteiger partial charge in [0.1, 0.15) is 5.75 Å². The van der Waals surface area contributed by atoms with E-state index in [1.165, 1.54) is 11.6 Å². The number of rotatable bonds is 9. The number of halogens is 1. The lowest BCUT2D eigenvalue weighted by molar-refractivity contribution is -0.121. The molecule has 138 valence electrons. The highest BCUT2D eigenvalue weighted by Crippen LogP contribution is 2.26. The van der Waals surface area contributed by atoms with E-state index in [-0.39, 0.29) is 11.5 Å². The number of benzene rings is 2. The van der Waals surface area contributed by atoms with Crippen molar-refractivity contribution in [2.45, 2.75) is 32.7 Å². The minimum atomic E-state index is -0.978. The zero-order valence-electron chi connectivity index (χ0n) is 14.6. The van der Waals surface area contributed by atoms with Gasteiger partial charge in [-0.25, -0.2) is 4.79 Å². The van der Waals surface area contributed by atoms with Crippen LogP contribution in [0.15, 0.2) is 46.9 Å². The molecule has 2 aromatic rings. The lowest BCUT2D eigenvalue weighted by Crippen LogP contribution is -2.23. The third kappa shape index (κ3) is 6.19. The second-order valence-corrected chi connectivity index (χ2v) is 6.71. The molecule has 0 aliphatic heterocycles. The maximum atomic E-state index is 11.9. The van der Waals surface area contributed by atoms with Crippen LogP contribution >= 0.6 is 15.9 Å². The minimum absolute atomic E-state index is 0.0882. The summed E-state index contributed by atoms with van der Waals surface area (Å²) in [4.78, 5) is 22.8. The molecule has 0 bridgehead atoms. The van der Waals surface area contributed by atoms with E-state index >= 15 is 0 Å². The van der Waals surface area contributed by atoms with Gasteiger partial charge < -0.3 is 15.2 Å². The highest BCUT2D eigenvalue weighted by atomic mass is 79.9. The zero-order valence-corrected chi connectivity index (χ0v) is 16.2. The van der Waals surface area contributed by atoms with Gasteiger partial charge in [0.15, 0.2) is 0 Å². The van der Waals surface area contributed by atoms with Crippen molar-refractivity contribution in [1.82, 2.24) is 5.32 Å². The summed E-state index contributed by atoms with van der Waals surface area (Å²) in [6.07, 6.45) is 1.92. The average molecular weight is 420 g/mol. The van der Waals surface area contributed by atoms with Crippen LogP contribution in [0.3, 0.4) is 0 Å². The molecule has 0 spiro atoms.